The van der Waals surface area contributed by atoms with Crippen molar-refractivity contribution in [3.8, 4) is 22.6 Å². The molecule has 1 aliphatic rings. The fraction of sp³-hybridized carbons (Fsp3) is 0.385. The van der Waals surface area contributed by atoms with E-state index in [9.17, 15) is 0 Å². The highest BCUT2D eigenvalue weighted by Crippen LogP contribution is 2.37. The Morgan fingerprint density at radius 1 is 0.967 bits per heavy atom. The van der Waals surface area contributed by atoms with Crippen LogP contribution in [-0.4, -0.2) is 27.3 Å². The van der Waals surface area contributed by atoms with Crippen LogP contribution in [0.25, 0.3) is 22.6 Å². The van der Waals surface area contributed by atoms with Gasteiger partial charge in [0.2, 0.25) is 0 Å². The third-order valence-electron chi connectivity index (χ3n) is 5.75. The average molecular weight is 418 g/mol. The molecule has 0 saturated carbocycles. The van der Waals surface area contributed by atoms with Gasteiger partial charge in [-0.2, -0.15) is 0 Å². The van der Waals surface area contributed by atoms with Gasteiger partial charge in [-0.1, -0.05) is 93.6 Å². The molecule has 0 radical (unpaired) electrons. The van der Waals surface area contributed by atoms with Crippen molar-refractivity contribution in [1.29, 1.82) is 0 Å². The molecule has 0 amide bonds. The lowest BCUT2D eigenvalue weighted by atomic mass is 9.89. The summed E-state index contributed by atoms with van der Waals surface area (Å²) in [7, 11) is 0. The molecule has 1 unspecified atom stereocenters. The zero-order valence-electron chi connectivity index (χ0n) is 17.8. The van der Waals surface area contributed by atoms with Gasteiger partial charge in [0.25, 0.3) is 0 Å². The number of imidazole rings is 1. The molecule has 0 bridgehead atoms. The van der Waals surface area contributed by atoms with E-state index >= 15 is 0 Å². The first-order valence-corrected chi connectivity index (χ1v) is 12.2. The molecule has 1 aromatic heterocycles. The lowest BCUT2D eigenvalue weighted by molar-refractivity contribution is 0.596. The van der Waals surface area contributed by atoms with Crippen LogP contribution in [0, 0.1) is 0 Å². The van der Waals surface area contributed by atoms with E-state index in [0.717, 1.165) is 29.4 Å². The normalized spacial score (nSPS) is 14.6. The van der Waals surface area contributed by atoms with Gasteiger partial charge in [-0.15, -0.1) is 11.8 Å². The van der Waals surface area contributed by atoms with Crippen molar-refractivity contribution >= 4 is 16.8 Å². The number of rotatable bonds is 10. The topological polar surface area (TPSA) is 41.0 Å². The van der Waals surface area contributed by atoms with Gasteiger partial charge in [0.1, 0.15) is 5.82 Å². The van der Waals surface area contributed by atoms with E-state index in [1.807, 2.05) is 24.0 Å². The van der Waals surface area contributed by atoms with Gasteiger partial charge < -0.3 is 4.98 Å². The molecule has 0 fully saturated rings. The number of nitrogens with one attached hydrogen (secondary N) is 1. The first-order valence-electron chi connectivity index (χ1n) is 11.2. The second-order valence-corrected chi connectivity index (χ2v) is 9.04. The Hall–Kier alpha value is -2.33. The number of benzene rings is 2. The quantitative estimate of drug-likeness (QED) is 0.351. The summed E-state index contributed by atoms with van der Waals surface area (Å²) in [5.41, 5.74) is 4.83. The van der Waals surface area contributed by atoms with Crippen molar-refractivity contribution in [3.05, 3.63) is 66.4 Å². The van der Waals surface area contributed by atoms with Gasteiger partial charge in [0.15, 0.2) is 0 Å². The van der Waals surface area contributed by atoms with E-state index in [-0.39, 0.29) is 0 Å². The van der Waals surface area contributed by atoms with Crippen LogP contribution in [-0.2, 0) is 0 Å². The lowest BCUT2D eigenvalue weighted by Crippen LogP contribution is -2.10. The number of unbranched alkanes of at least 4 members (excludes halogenated alkanes) is 4. The number of H-pyrrole nitrogens is 1. The fourth-order valence-corrected chi connectivity index (χ4v) is 5.19. The number of aromatic nitrogens is 2. The van der Waals surface area contributed by atoms with Gasteiger partial charge >= 0.3 is 0 Å². The van der Waals surface area contributed by atoms with Crippen LogP contribution < -0.4 is 0 Å². The van der Waals surface area contributed by atoms with Gasteiger partial charge in [0, 0.05) is 29.3 Å². The van der Waals surface area contributed by atoms with Gasteiger partial charge in [-0.05, 0) is 12.0 Å². The third-order valence-corrected chi connectivity index (χ3v) is 6.85. The van der Waals surface area contributed by atoms with E-state index in [2.05, 4.69) is 65.4 Å². The Kier molecular flexibility index (Phi) is 7.41. The summed E-state index contributed by atoms with van der Waals surface area (Å²) in [6, 6.07) is 19.1. The van der Waals surface area contributed by atoms with Crippen LogP contribution in [0.1, 0.15) is 56.9 Å². The van der Waals surface area contributed by atoms with Crippen molar-refractivity contribution in [2.45, 2.75) is 51.4 Å². The summed E-state index contributed by atoms with van der Waals surface area (Å²) in [5.74, 6) is 2.43. The van der Waals surface area contributed by atoms with Crippen LogP contribution in [0.2, 0.25) is 0 Å². The highest BCUT2D eigenvalue weighted by molar-refractivity contribution is 8.14. The Morgan fingerprint density at radius 2 is 1.77 bits per heavy atom. The molecule has 156 valence electrons. The Bertz CT molecular complexity index is 961. The van der Waals surface area contributed by atoms with Crippen LogP contribution in [0.3, 0.4) is 0 Å². The minimum Gasteiger partial charge on any atom is -0.338 e. The molecular formula is C26H31N3S. The number of aliphatic imine (C=N–C) groups is 1. The predicted octanol–water partition coefficient (Wildman–Crippen LogP) is 7.33. The maximum atomic E-state index is 4.87. The largest absolute Gasteiger partial charge is 0.338 e. The summed E-state index contributed by atoms with van der Waals surface area (Å²) in [6.45, 7) is 3.23. The molecule has 0 aliphatic carbocycles. The number of aromatic amines is 1. The third kappa shape index (κ3) is 5.04. The Labute approximate surface area is 184 Å². The Balaban J connectivity index is 1.60. The summed E-state index contributed by atoms with van der Waals surface area (Å²) in [4.78, 5) is 13.1. The number of hydrogen-bond acceptors (Lipinski definition) is 3. The zero-order valence-corrected chi connectivity index (χ0v) is 18.6. The minimum absolute atomic E-state index is 0.388. The van der Waals surface area contributed by atoms with Crippen LogP contribution in [0.15, 0.2) is 65.8 Å². The van der Waals surface area contributed by atoms with Crippen molar-refractivity contribution in [2.75, 3.05) is 12.3 Å². The molecule has 0 saturated heterocycles. The minimum atomic E-state index is 0.388. The smallest absolute Gasteiger partial charge is 0.137 e. The van der Waals surface area contributed by atoms with Gasteiger partial charge in [0.05, 0.1) is 16.9 Å². The highest BCUT2D eigenvalue weighted by Gasteiger charge is 2.24. The summed E-state index contributed by atoms with van der Waals surface area (Å²) < 4.78 is 0. The highest BCUT2D eigenvalue weighted by atomic mass is 32.2. The predicted molar refractivity (Wildman–Crippen MR) is 130 cm³/mol. The first-order chi connectivity index (χ1) is 14.9. The second-order valence-electron chi connectivity index (χ2n) is 7.92. The van der Waals surface area contributed by atoms with Gasteiger partial charge in [-0.3, -0.25) is 4.99 Å². The van der Waals surface area contributed by atoms with E-state index in [4.69, 9.17) is 4.99 Å². The van der Waals surface area contributed by atoms with Crippen molar-refractivity contribution in [2.24, 2.45) is 4.99 Å². The van der Waals surface area contributed by atoms with Crippen LogP contribution >= 0.6 is 11.8 Å². The standard InChI is InChI=1S/C26H31N3S/c1-2-3-4-5-9-16-23(26-27-17-18-30-26)21-14-10-11-15-22(21)24-19-28-25(29-24)20-12-7-6-8-13-20/h6-8,10-15,19,23H,2-5,9,16-18H2,1H3,(H,28,29). The molecule has 2 aromatic carbocycles. The Morgan fingerprint density at radius 3 is 2.57 bits per heavy atom. The van der Waals surface area contributed by atoms with Crippen LogP contribution in [0.5, 0.6) is 0 Å². The molecule has 1 N–H and O–H groups in total. The van der Waals surface area contributed by atoms with Crippen molar-refractivity contribution < 1.29 is 0 Å². The van der Waals surface area contributed by atoms with Crippen LogP contribution in [0.4, 0.5) is 0 Å². The molecular weight excluding hydrogens is 386 g/mol. The monoisotopic (exact) mass is 417 g/mol. The van der Waals surface area contributed by atoms with Gasteiger partial charge in [-0.25, -0.2) is 4.98 Å². The van der Waals surface area contributed by atoms with E-state index in [1.54, 1.807) is 0 Å². The van der Waals surface area contributed by atoms with E-state index < -0.39 is 0 Å². The lowest BCUT2D eigenvalue weighted by Gasteiger charge is -2.20. The SMILES string of the molecule is CCCCCCCC(C1=NCCS1)c1ccccc1-c1cnc(-c2ccccc2)[nH]1. The molecule has 3 nitrogen and oxygen atoms in total. The number of hydrogen-bond donors (Lipinski definition) is 1. The van der Waals surface area contributed by atoms with Crippen molar-refractivity contribution in [1.82, 2.24) is 9.97 Å². The first kappa shape index (κ1) is 20.9. The molecule has 4 heteroatoms. The molecule has 4 rings (SSSR count). The molecule has 1 aliphatic heterocycles. The molecule has 0 spiro atoms. The molecule has 1 atom stereocenters. The van der Waals surface area contributed by atoms with Crippen molar-refractivity contribution in [3.63, 3.8) is 0 Å². The fourth-order valence-electron chi connectivity index (χ4n) is 4.17. The summed E-state index contributed by atoms with van der Waals surface area (Å²) >= 11 is 1.94. The number of thioether (sulfide) groups is 1. The van der Waals surface area contributed by atoms with E-state index in [0.29, 0.717) is 5.92 Å². The zero-order chi connectivity index (χ0) is 20.6. The summed E-state index contributed by atoms with van der Waals surface area (Å²) in [6.07, 6.45) is 9.69. The maximum Gasteiger partial charge on any atom is 0.137 e. The summed E-state index contributed by atoms with van der Waals surface area (Å²) in [5, 5.41) is 1.32. The maximum absolute atomic E-state index is 4.87. The second kappa shape index (κ2) is 10.6. The molecule has 2 heterocycles. The molecule has 30 heavy (non-hydrogen) atoms. The van der Waals surface area contributed by atoms with E-state index in [1.165, 1.54) is 54.7 Å². The number of nitrogens with zero attached hydrogens (tertiary/aromatic N) is 2. The molecule has 3 aromatic rings. The average Bonchev–Trinajstić information content (AvgIpc) is 3.50.